The number of hydrogen-bond donors (Lipinski definition) is 4. The Bertz CT molecular complexity index is 1200. The van der Waals surface area contributed by atoms with Gasteiger partial charge in [0.05, 0.1) is 6.20 Å². The Morgan fingerprint density at radius 2 is 2.00 bits per heavy atom. The minimum atomic E-state index is -1.59. The number of fused-ring (bicyclic) bond motifs is 1. The number of imidazole rings is 1. The molecule has 5 rings (SSSR count). The Kier molecular flexibility index (Phi) is 4.87. The molecule has 164 valence electrons. The van der Waals surface area contributed by atoms with E-state index in [0.717, 1.165) is 25.7 Å². The topological polar surface area (TPSA) is 152 Å². The summed E-state index contributed by atoms with van der Waals surface area (Å²) in [6, 6.07) is 6.38. The fourth-order valence-corrected chi connectivity index (χ4v) is 4.82. The molecule has 3 heterocycles. The lowest BCUT2D eigenvalue weighted by atomic mass is 9.53. The van der Waals surface area contributed by atoms with Gasteiger partial charge in [-0.2, -0.15) is 0 Å². The molecule has 0 unspecified atom stereocenters. The normalized spacial score (nSPS) is 23.9. The Balaban J connectivity index is 1.15. The van der Waals surface area contributed by atoms with E-state index in [2.05, 4.69) is 15.3 Å². The minimum absolute atomic E-state index is 0.0190. The minimum Gasteiger partial charge on any atom is -0.474 e. The number of nitrogens with two attached hydrogens (primary N) is 1. The SMILES string of the molecule is NC(=O)c1cccnc1OC1CC2(CC(NC(=O)c3cnc4cc(B(O)O)ccn34)C2)C1. The molecule has 0 atom stereocenters. The van der Waals surface area contributed by atoms with Gasteiger partial charge in [-0.25, -0.2) is 9.97 Å². The molecule has 10 nitrogen and oxygen atoms in total. The summed E-state index contributed by atoms with van der Waals surface area (Å²) in [6.07, 6.45) is 8.03. The maximum atomic E-state index is 12.7. The standard InChI is InChI=1S/C21H22BN5O5/c23-18(28)15-2-1-4-24-20(15)32-14-9-21(10-14)7-13(8-21)26-19(29)16-11-25-17-6-12(22(30)31)3-5-27(16)17/h1-6,11,13-14,30-31H,7-10H2,(H2,23,28)(H,26,29). The van der Waals surface area contributed by atoms with Crippen LogP contribution in [0.2, 0.25) is 0 Å². The van der Waals surface area contributed by atoms with Gasteiger partial charge in [0.25, 0.3) is 11.8 Å². The van der Waals surface area contributed by atoms with Gasteiger partial charge in [0.15, 0.2) is 0 Å². The van der Waals surface area contributed by atoms with Crippen molar-refractivity contribution in [3.05, 3.63) is 54.1 Å². The number of rotatable bonds is 6. The Morgan fingerprint density at radius 3 is 2.72 bits per heavy atom. The number of pyridine rings is 2. The molecule has 2 amide bonds. The average molecular weight is 435 g/mol. The molecule has 3 aromatic heterocycles. The Morgan fingerprint density at radius 1 is 1.22 bits per heavy atom. The highest BCUT2D eigenvalue weighted by Gasteiger charge is 2.54. The van der Waals surface area contributed by atoms with Gasteiger partial charge in [-0.3, -0.25) is 14.0 Å². The van der Waals surface area contributed by atoms with E-state index in [4.69, 9.17) is 10.5 Å². The number of carbonyl (C=O) groups is 2. The zero-order valence-electron chi connectivity index (χ0n) is 17.1. The van der Waals surface area contributed by atoms with Gasteiger partial charge in [0, 0.05) is 18.4 Å². The number of aromatic nitrogens is 3. The van der Waals surface area contributed by atoms with E-state index in [9.17, 15) is 19.6 Å². The van der Waals surface area contributed by atoms with Crippen LogP contribution in [0.3, 0.4) is 0 Å². The molecule has 32 heavy (non-hydrogen) atoms. The van der Waals surface area contributed by atoms with Crippen molar-refractivity contribution < 1.29 is 24.4 Å². The van der Waals surface area contributed by atoms with Gasteiger partial charge in [-0.05, 0) is 60.8 Å². The van der Waals surface area contributed by atoms with Crippen LogP contribution in [0.15, 0.2) is 42.9 Å². The van der Waals surface area contributed by atoms with Gasteiger partial charge >= 0.3 is 7.12 Å². The predicted octanol–water partition coefficient (Wildman–Crippen LogP) is -0.372. The second kappa shape index (κ2) is 7.61. The molecule has 0 radical (unpaired) electrons. The Hall–Kier alpha value is -3.44. The number of amides is 2. The van der Waals surface area contributed by atoms with E-state index in [-0.39, 0.29) is 34.9 Å². The predicted molar refractivity (Wildman–Crippen MR) is 114 cm³/mol. The maximum absolute atomic E-state index is 12.7. The van der Waals surface area contributed by atoms with Crippen molar-refractivity contribution in [2.45, 2.75) is 37.8 Å². The van der Waals surface area contributed by atoms with Crippen molar-refractivity contribution in [1.82, 2.24) is 19.7 Å². The molecule has 1 spiro atoms. The molecule has 11 heteroatoms. The third-order valence-electron chi connectivity index (χ3n) is 6.40. The third kappa shape index (κ3) is 3.59. The van der Waals surface area contributed by atoms with Crippen molar-refractivity contribution in [3.63, 3.8) is 0 Å². The molecular weight excluding hydrogens is 413 g/mol. The van der Waals surface area contributed by atoms with Gasteiger partial charge in [-0.15, -0.1) is 0 Å². The average Bonchev–Trinajstić information content (AvgIpc) is 3.14. The van der Waals surface area contributed by atoms with Crippen LogP contribution < -0.4 is 21.3 Å². The van der Waals surface area contributed by atoms with Crippen LogP contribution in [0.4, 0.5) is 0 Å². The monoisotopic (exact) mass is 435 g/mol. The van der Waals surface area contributed by atoms with E-state index >= 15 is 0 Å². The molecule has 0 bridgehead atoms. The summed E-state index contributed by atoms with van der Waals surface area (Å²) >= 11 is 0. The lowest BCUT2D eigenvalue weighted by Crippen LogP contribution is -2.58. The third-order valence-corrected chi connectivity index (χ3v) is 6.40. The van der Waals surface area contributed by atoms with Gasteiger partial charge in [-0.1, -0.05) is 0 Å². The quantitative estimate of drug-likeness (QED) is 0.386. The first kappa shape index (κ1) is 20.5. The van der Waals surface area contributed by atoms with Crippen LogP contribution in [0.5, 0.6) is 5.88 Å². The number of ether oxygens (including phenoxy) is 1. The second-order valence-corrected chi connectivity index (χ2v) is 8.65. The second-order valence-electron chi connectivity index (χ2n) is 8.65. The number of carbonyl (C=O) groups excluding carboxylic acids is 2. The molecule has 2 fully saturated rings. The summed E-state index contributed by atoms with van der Waals surface area (Å²) in [5, 5.41) is 21.6. The van der Waals surface area contributed by atoms with Crippen LogP contribution in [0, 0.1) is 5.41 Å². The zero-order chi connectivity index (χ0) is 22.5. The van der Waals surface area contributed by atoms with Crippen molar-refractivity contribution in [2.24, 2.45) is 11.1 Å². The number of nitrogens with one attached hydrogen (secondary N) is 1. The summed E-state index contributed by atoms with van der Waals surface area (Å²) < 4.78 is 7.49. The molecule has 2 aliphatic carbocycles. The highest BCUT2D eigenvalue weighted by Crippen LogP contribution is 2.56. The molecule has 0 aliphatic heterocycles. The van der Waals surface area contributed by atoms with Crippen LogP contribution in [-0.4, -0.2) is 55.5 Å². The fraction of sp³-hybridized carbons (Fsp3) is 0.333. The first-order chi connectivity index (χ1) is 15.3. The lowest BCUT2D eigenvalue weighted by Gasteiger charge is -2.57. The highest BCUT2D eigenvalue weighted by atomic mass is 16.5. The summed E-state index contributed by atoms with van der Waals surface area (Å²) in [5.74, 6) is -0.514. The first-order valence-electron chi connectivity index (χ1n) is 10.4. The molecule has 5 N–H and O–H groups in total. The molecule has 0 aromatic carbocycles. The molecular formula is C21H22BN5O5. The van der Waals surface area contributed by atoms with E-state index in [1.54, 1.807) is 28.9 Å². The van der Waals surface area contributed by atoms with Crippen molar-refractivity contribution in [1.29, 1.82) is 0 Å². The largest absolute Gasteiger partial charge is 0.488 e. The lowest BCUT2D eigenvalue weighted by molar-refractivity contribution is -0.0848. The van der Waals surface area contributed by atoms with Crippen molar-refractivity contribution in [2.75, 3.05) is 0 Å². The summed E-state index contributed by atoms with van der Waals surface area (Å²) in [4.78, 5) is 32.5. The summed E-state index contributed by atoms with van der Waals surface area (Å²) in [5.41, 5.74) is 6.97. The molecule has 2 saturated carbocycles. The smallest absolute Gasteiger partial charge is 0.474 e. The van der Waals surface area contributed by atoms with Crippen molar-refractivity contribution >= 4 is 30.0 Å². The first-order valence-corrected chi connectivity index (χ1v) is 10.4. The molecule has 3 aromatic rings. The van der Waals surface area contributed by atoms with E-state index in [1.807, 2.05) is 0 Å². The molecule has 0 saturated heterocycles. The van der Waals surface area contributed by atoms with E-state index < -0.39 is 13.0 Å². The number of primary amides is 1. The van der Waals surface area contributed by atoms with E-state index in [0.29, 0.717) is 16.8 Å². The van der Waals surface area contributed by atoms with Crippen LogP contribution in [0.1, 0.15) is 46.5 Å². The van der Waals surface area contributed by atoms with Crippen LogP contribution in [0.25, 0.3) is 5.65 Å². The van der Waals surface area contributed by atoms with Crippen LogP contribution in [-0.2, 0) is 0 Å². The van der Waals surface area contributed by atoms with Gasteiger partial charge < -0.3 is 25.8 Å². The number of nitrogens with zero attached hydrogens (tertiary/aromatic N) is 3. The van der Waals surface area contributed by atoms with Gasteiger partial charge in [0.2, 0.25) is 5.88 Å². The summed E-state index contributed by atoms with van der Waals surface area (Å²) in [6.45, 7) is 0. The van der Waals surface area contributed by atoms with Crippen molar-refractivity contribution in [3.8, 4) is 5.88 Å². The Labute approximate surface area is 183 Å². The maximum Gasteiger partial charge on any atom is 0.488 e. The van der Waals surface area contributed by atoms with Gasteiger partial charge in [0.1, 0.15) is 23.0 Å². The fourth-order valence-electron chi connectivity index (χ4n) is 4.82. The number of hydrogen-bond acceptors (Lipinski definition) is 7. The molecule has 2 aliphatic rings. The zero-order valence-corrected chi connectivity index (χ0v) is 17.1. The highest BCUT2D eigenvalue weighted by molar-refractivity contribution is 6.58. The van der Waals surface area contributed by atoms with Crippen LogP contribution >= 0.6 is 0 Å². The van der Waals surface area contributed by atoms with E-state index in [1.165, 1.54) is 18.3 Å². The summed E-state index contributed by atoms with van der Waals surface area (Å²) in [7, 11) is -1.59.